The van der Waals surface area contributed by atoms with Gasteiger partial charge in [0.05, 0.1) is 6.04 Å². The zero-order chi connectivity index (χ0) is 24.7. The van der Waals surface area contributed by atoms with Gasteiger partial charge in [-0.1, -0.05) is 78.9 Å². The van der Waals surface area contributed by atoms with E-state index < -0.39 is 10.0 Å². The number of hydrogen-bond acceptors (Lipinski definition) is 2. The van der Waals surface area contributed by atoms with Crippen LogP contribution in [0, 0.1) is 0 Å². The first-order valence-corrected chi connectivity index (χ1v) is 16.1. The summed E-state index contributed by atoms with van der Waals surface area (Å²) in [7, 11) is -1.43. The van der Waals surface area contributed by atoms with Crippen LogP contribution in [0.2, 0.25) is 0 Å². The van der Waals surface area contributed by atoms with E-state index in [2.05, 4.69) is 150 Å². The summed E-state index contributed by atoms with van der Waals surface area (Å²) in [5.74, 6) is 2.84. The van der Waals surface area contributed by atoms with Gasteiger partial charge >= 0.3 is 0 Å². The molecule has 0 radical (unpaired) electrons. The molecule has 4 aromatic rings. The molecule has 3 unspecified atom stereocenters. The van der Waals surface area contributed by atoms with Crippen LogP contribution in [0.25, 0.3) is 0 Å². The number of fused-ring (bicyclic) bond motifs is 3. The Balaban J connectivity index is 1.47. The van der Waals surface area contributed by atoms with Crippen LogP contribution in [0.4, 0.5) is 11.4 Å². The summed E-state index contributed by atoms with van der Waals surface area (Å²) in [5, 5.41) is 0.629. The second-order valence-electron chi connectivity index (χ2n) is 9.98. The van der Waals surface area contributed by atoms with Gasteiger partial charge in [0.25, 0.3) is 0 Å². The molecule has 184 valence electrons. The molecular formula is C34H31NS2. The quantitative estimate of drug-likeness (QED) is 0.260. The summed E-state index contributed by atoms with van der Waals surface area (Å²) in [6.45, 7) is 0. The van der Waals surface area contributed by atoms with Gasteiger partial charge < -0.3 is 4.90 Å². The molecule has 0 spiro atoms. The summed E-state index contributed by atoms with van der Waals surface area (Å²) in [6.07, 6.45) is 10.5. The Morgan fingerprint density at radius 1 is 0.676 bits per heavy atom. The van der Waals surface area contributed by atoms with Gasteiger partial charge in [0, 0.05) is 28.3 Å². The fourth-order valence-corrected chi connectivity index (χ4v) is 13.0. The lowest BCUT2D eigenvalue weighted by atomic mass is 9.91. The molecule has 0 amide bonds. The summed E-state index contributed by atoms with van der Waals surface area (Å²) in [4.78, 5) is 7.02. The summed E-state index contributed by atoms with van der Waals surface area (Å²) in [6, 6.07) is 41.5. The Hall–Kier alpha value is -3.14. The molecular weight excluding hydrogens is 487 g/mol. The third-order valence-corrected chi connectivity index (χ3v) is 13.9. The van der Waals surface area contributed by atoms with Crippen molar-refractivity contribution in [1.29, 1.82) is 0 Å². The molecule has 0 bridgehead atoms. The standard InChI is InChI=1S/C34H31NS2/c1-4-12-26(13-5-1)35-33-19-11-10-18-31(33)32-24-29(20-21-34(32)35)37(30-22-23-36-25-30,27-14-6-2-7-15-27)28-16-8-3-9-17-28/h1-21,24,30-31,33H,22-23,25H2. The summed E-state index contributed by atoms with van der Waals surface area (Å²) in [5.41, 5.74) is 4.07. The van der Waals surface area contributed by atoms with E-state index in [1.54, 1.807) is 0 Å². The lowest BCUT2D eigenvalue weighted by Crippen LogP contribution is -2.28. The van der Waals surface area contributed by atoms with Crippen LogP contribution >= 0.6 is 21.8 Å². The first-order valence-electron chi connectivity index (χ1n) is 13.2. The van der Waals surface area contributed by atoms with Gasteiger partial charge in [-0.2, -0.15) is 21.8 Å². The van der Waals surface area contributed by atoms with Crippen LogP contribution in [0.3, 0.4) is 0 Å². The zero-order valence-electron chi connectivity index (χ0n) is 20.8. The molecule has 1 fully saturated rings. The fraction of sp³-hybridized carbons (Fsp3) is 0.176. The fourth-order valence-electron chi connectivity index (χ4n) is 6.46. The van der Waals surface area contributed by atoms with E-state index in [0.29, 0.717) is 17.2 Å². The Bertz CT molecular complexity index is 1400. The average Bonchev–Trinajstić information content (AvgIpc) is 3.62. The van der Waals surface area contributed by atoms with Gasteiger partial charge in [0.2, 0.25) is 0 Å². The van der Waals surface area contributed by atoms with E-state index in [0.717, 1.165) is 0 Å². The average molecular weight is 518 g/mol. The van der Waals surface area contributed by atoms with Gasteiger partial charge in [0.1, 0.15) is 0 Å². The monoisotopic (exact) mass is 517 g/mol. The van der Waals surface area contributed by atoms with Crippen molar-refractivity contribution in [2.45, 2.75) is 38.3 Å². The predicted octanol–water partition coefficient (Wildman–Crippen LogP) is 9.20. The Morgan fingerprint density at radius 3 is 1.97 bits per heavy atom. The lowest BCUT2D eigenvalue weighted by molar-refractivity contribution is 0.744. The maximum Gasteiger partial charge on any atom is 0.0629 e. The molecule has 4 aromatic carbocycles. The van der Waals surface area contributed by atoms with Crippen molar-refractivity contribution in [3.05, 3.63) is 139 Å². The molecule has 3 atom stereocenters. The number of nitrogens with zero attached hydrogens (tertiary/aromatic N) is 1. The smallest absolute Gasteiger partial charge is 0.0629 e. The van der Waals surface area contributed by atoms with Crippen molar-refractivity contribution in [2.24, 2.45) is 0 Å². The van der Waals surface area contributed by atoms with E-state index in [9.17, 15) is 0 Å². The minimum absolute atomic E-state index is 0.317. The molecule has 37 heavy (non-hydrogen) atoms. The predicted molar refractivity (Wildman–Crippen MR) is 161 cm³/mol. The lowest BCUT2D eigenvalue weighted by Gasteiger charge is -2.46. The van der Waals surface area contributed by atoms with E-state index >= 15 is 0 Å². The van der Waals surface area contributed by atoms with Gasteiger partial charge in [-0.25, -0.2) is 0 Å². The topological polar surface area (TPSA) is 3.24 Å². The maximum atomic E-state index is 2.60. The van der Waals surface area contributed by atoms with Crippen LogP contribution in [-0.4, -0.2) is 22.8 Å². The number of anilines is 2. The minimum Gasteiger partial charge on any atom is -0.333 e. The highest BCUT2D eigenvalue weighted by atomic mass is 32.3. The van der Waals surface area contributed by atoms with Gasteiger partial charge in [-0.05, 0) is 87.0 Å². The molecule has 3 heteroatoms. The second-order valence-corrected chi connectivity index (χ2v) is 14.5. The van der Waals surface area contributed by atoms with Crippen molar-refractivity contribution in [3.8, 4) is 0 Å². The number of hydrogen-bond donors (Lipinski definition) is 0. The van der Waals surface area contributed by atoms with E-state index in [1.807, 2.05) is 0 Å². The molecule has 0 N–H and O–H groups in total. The molecule has 2 aliphatic heterocycles. The summed E-state index contributed by atoms with van der Waals surface area (Å²) >= 11 is 2.13. The second kappa shape index (κ2) is 9.63. The summed E-state index contributed by atoms with van der Waals surface area (Å²) < 4.78 is 0. The third kappa shape index (κ3) is 3.71. The van der Waals surface area contributed by atoms with Crippen LogP contribution in [-0.2, 0) is 0 Å². The number of thioether (sulfide) groups is 1. The Labute approximate surface area is 226 Å². The zero-order valence-corrected chi connectivity index (χ0v) is 22.5. The highest BCUT2D eigenvalue weighted by Gasteiger charge is 2.43. The van der Waals surface area contributed by atoms with Gasteiger partial charge in [0.15, 0.2) is 0 Å². The van der Waals surface area contributed by atoms with Crippen molar-refractivity contribution >= 4 is 33.2 Å². The van der Waals surface area contributed by atoms with Crippen LogP contribution in [0.5, 0.6) is 0 Å². The Morgan fingerprint density at radius 2 is 1.32 bits per heavy atom. The molecule has 7 rings (SSSR count). The number of rotatable bonds is 5. The first-order chi connectivity index (χ1) is 18.4. The highest BCUT2D eigenvalue weighted by molar-refractivity contribution is 8.34. The Kier molecular flexibility index (Phi) is 5.99. The van der Waals surface area contributed by atoms with E-state index in [4.69, 9.17) is 0 Å². The highest BCUT2D eigenvalue weighted by Crippen LogP contribution is 2.73. The molecule has 1 aliphatic carbocycles. The first kappa shape index (κ1) is 23.0. The SMILES string of the molecule is C1=CC2c3cc(S(c4ccccc4)(c4ccccc4)C4CCSC4)ccc3N(c3ccccc3)C2C=C1. The van der Waals surface area contributed by atoms with Crippen molar-refractivity contribution in [2.75, 3.05) is 16.4 Å². The van der Waals surface area contributed by atoms with Crippen molar-refractivity contribution < 1.29 is 0 Å². The van der Waals surface area contributed by atoms with Crippen LogP contribution in [0.1, 0.15) is 17.9 Å². The minimum atomic E-state index is -1.43. The van der Waals surface area contributed by atoms with Crippen molar-refractivity contribution in [3.63, 3.8) is 0 Å². The number of allylic oxidation sites excluding steroid dienone is 2. The normalized spacial score (nSPS) is 22.6. The molecule has 3 aliphatic rings. The molecule has 2 heterocycles. The van der Waals surface area contributed by atoms with Crippen molar-refractivity contribution in [1.82, 2.24) is 0 Å². The third-order valence-electron chi connectivity index (χ3n) is 8.05. The van der Waals surface area contributed by atoms with E-state index in [1.165, 1.54) is 49.6 Å². The largest absolute Gasteiger partial charge is 0.333 e. The van der Waals surface area contributed by atoms with E-state index in [-0.39, 0.29) is 0 Å². The van der Waals surface area contributed by atoms with Gasteiger partial charge in [-0.3, -0.25) is 0 Å². The maximum absolute atomic E-state index is 2.60. The molecule has 1 saturated heterocycles. The molecule has 0 saturated carbocycles. The number of para-hydroxylation sites is 1. The molecule has 1 nitrogen and oxygen atoms in total. The van der Waals surface area contributed by atoms with Crippen LogP contribution in [0.15, 0.2) is 148 Å². The molecule has 0 aromatic heterocycles. The van der Waals surface area contributed by atoms with Crippen LogP contribution < -0.4 is 4.90 Å². The van der Waals surface area contributed by atoms with Gasteiger partial charge in [-0.15, -0.1) is 0 Å². The number of benzene rings is 4.